The van der Waals surface area contributed by atoms with Crippen molar-refractivity contribution in [3.05, 3.63) is 24.3 Å². The van der Waals surface area contributed by atoms with Crippen LogP contribution >= 0.6 is 0 Å². The molecule has 21 heavy (non-hydrogen) atoms. The zero-order chi connectivity index (χ0) is 14.7. The molecule has 0 spiro atoms. The molecule has 2 N–H and O–H groups in total. The van der Waals surface area contributed by atoms with Crippen molar-refractivity contribution in [2.24, 2.45) is 17.1 Å². The molecule has 0 bridgehead atoms. The topological polar surface area (TPSA) is 53.7 Å². The highest BCUT2D eigenvalue weighted by Crippen LogP contribution is 2.49. The van der Waals surface area contributed by atoms with Crippen molar-refractivity contribution in [3.63, 3.8) is 0 Å². The quantitative estimate of drug-likeness (QED) is 0.839. The first kappa shape index (κ1) is 14.7. The second-order valence-corrected chi connectivity index (χ2v) is 6.19. The van der Waals surface area contributed by atoms with Gasteiger partial charge >= 0.3 is 0 Å². The van der Waals surface area contributed by atoms with Crippen LogP contribution in [0.2, 0.25) is 0 Å². The lowest BCUT2D eigenvalue weighted by Crippen LogP contribution is -2.40. The van der Waals surface area contributed by atoms with Gasteiger partial charge in [-0.25, -0.2) is 0 Å². The predicted octanol–water partition coefficient (Wildman–Crippen LogP) is 2.61. The van der Waals surface area contributed by atoms with Gasteiger partial charge in [-0.15, -0.1) is 0 Å². The average molecular weight is 291 g/mol. The first-order valence-electron chi connectivity index (χ1n) is 7.86. The lowest BCUT2D eigenvalue weighted by molar-refractivity contribution is 0.0242. The Morgan fingerprint density at radius 3 is 2.71 bits per heavy atom. The molecule has 1 aromatic rings. The highest BCUT2D eigenvalue weighted by Gasteiger charge is 2.49. The molecule has 4 nitrogen and oxygen atoms in total. The maximum atomic E-state index is 6.10. The fourth-order valence-corrected chi connectivity index (χ4v) is 3.43. The molecule has 116 valence electrons. The highest BCUT2D eigenvalue weighted by atomic mass is 16.5. The molecule has 3 rings (SSSR count). The molecule has 1 saturated heterocycles. The third kappa shape index (κ3) is 3.01. The molecule has 0 amide bonds. The van der Waals surface area contributed by atoms with Crippen LogP contribution in [0.3, 0.4) is 0 Å². The monoisotopic (exact) mass is 291 g/mol. The Labute approximate surface area is 126 Å². The van der Waals surface area contributed by atoms with Crippen molar-refractivity contribution >= 4 is 0 Å². The molecule has 2 unspecified atom stereocenters. The third-order valence-electron chi connectivity index (χ3n) is 4.88. The van der Waals surface area contributed by atoms with Gasteiger partial charge in [0.25, 0.3) is 0 Å². The Hall–Kier alpha value is -1.26. The number of ether oxygens (including phenoxy) is 3. The largest absolute Gasteiger partial charge is 0.493 e. The molecule has 1 heterocycles. The molecule has 1 saturated carbocycles. The Balaban J connectivity index is 1.60. The molecule has 4 heteroatoms. The summed E-state index contributed by atoms with van der Waals surface area (Å²) in [6.45, 7) is 2.18. The van der Waals surface area contributed by atoms with E-state index in [-0.39, 0.29) is 5.41 Å². The third-order valence-corrected chi connectivity index (χ3v) is 4.88. The van der Waals surface area contributed by atoms with E-state index in [1.54, 1.807) is 7.11 Å². The van der Waals surface area contributed by atoms with Crippen molar-refractivity contribution in [2.75, 3.05) is 26.9 Å². The van der Waals surface area contributed by atoms with Crippen LogP contribution in [0.25, 0.3) is 0 Å². The average Bonchev–Trinajstić information content (AvgIpc) is 3.28. The second kappa shape index (κ2) is 6.24. The summed E-state index contributed by atoms with van der Waals surface area (Å²) >= 11 is 0. The van der Waals surface area contributed by atoms with Gasteiger partial charge in [-0.1, -0.05) is 12.1 Å². The zero-order valence-electron chi connectivity index (χ0n) is 12.7. The van der Waals surface area contributed by atoms with Crippen molar-refractivity contribution in [2.45, 2.75) is 31.8 Å². The predicted molar refractivity (Wildman–Crippen MR) is 81.7 cm³/mol. The van der Waals surface area contributed by atoms with E-state index in [0.717, 1.165) is 36.9 Å². The highest BCUT2D eigenvalue weighted by molar-refractivity contribution is 5.39. The van der Waals surface area contributed by atoms with Gasteiger partial charge in [-0.2, -0.15) is 0 Å². The maximum absolute atomic E-state index is 6.10. The van der Waals surface area contributed by atoms with Gasteiger partial charge < -0.3 is 19.9 Å². The first-order valence-corrected chi connectivity index (χ1v) is 7.86. The molecule has 2 aliphatic rings. The minimum atomic E-state index is 0.100. The first-order chi connectivity index (χ1) is 10.3. The zero-order valence-corrected chi connectivity index (χ0v) is 12.7. The minimum Gasteiger partial charge on any atom is -0.493 e. The van der Waals surface area contributed by atoms with Crippen molar-refractivity contribution in [1.29, 1.82) is 0 Å². The van der Waals surface area contributed by atoms with Crippen molar-refractivity contribution < 1.29 is 14.2 Å². The van der Waals surface area contributed by atoms with Crippen LogP contribution in [0.1, 0.15) is 25.7 Å². The molecule has 0 aromatic heterocycles. The lowest BCUT2D eigenvalue weighted by atomic mass is 9.76. The molecule has 0 radical (unpaired) electrons. The van der Waals surface area contributed by atoms with E-state index in [1.165, 1.54) is 12.8 Å². The van der Waals surface area contributed by atoms with Crippen LogP contribution in [-0.4, -0.2) is 33.0 Å². The normalized spacial score (nSPS) is 28.6. The van der Waals surface area contributed by atoms with Crippen LogP contribution in [0, 0.1) is 11.3 Å². The minimum absolute atomic E-state index is 0.100. The summed E-state index contributed by atoms with van der Waals surface area (Å²) in [7, 11) is 1.66. The van der Waals surface area contributed by atoms with Gasteiger partial charge in [0.1, 0.15) is 0 Å². The molecule has 1 aliphatic carbocycles. The number of hydrogen-bond donors (Lipinski definition) is 1. The second-order valence-electron chi connectivity index (χ2n) is 6.19. The SMILES string of the molecule is COc1ccccc1OCCC1(CN)CCOC1C1CC1. The fourth-order valence-electron chi connectivity index (χ4n) is 3.43. The number of hydrogen-bond acceptors (Lipinski definition) is 4. The maximum Gasteiger partial charge on any atom is 0.161 e. The van der Waals surface area contributed by atoms with Crippen LogP contribution in [-0.2, 0) is 4.74 Å². The Bertz CT molecular complexity index is 475. The lowest BCUT2D eigenvalue weighted by Gasteiger charge is -2.33. The van der Waals surface area contributed by atoms with Gasteiger partial charge in [-0.05, 0) is 43.7 Å². The van der Waals surface area contributed by atoms with Gasteiger partial charge in [0, 0.05) is 18.6 Å². The number of rotatable bonds is 7. The number of nitrogens with two attached hydrogens (primary N) is 1. The molecule has 1 aromatic carbocycles. The van der Waals surface area contributed by atoms with E-state index < -0.39 is 0 Å². The number of methoxy groups -OCH3 is 1. The van der Waals surface area contributed by atoms with E-state index in [1.807, 2.05) is 24.3 Å². The van der Waals surface area contributed by atoms with Gasteiger partial charge in [-0.3, -0.25) is 0 Å². The summed E-state index contributed by atoms with van der Waals surface area (Å²) in [5, 5.41) is 0. The molecule has 2 atom stereocenters. The summed E-state index contributed by atoms with van der Waals surface area (Å²) < 4.78 is 17.2. The summed E-state index contributed by atoms with van der Waals surface area (Å²) in [5.74, 6) is 2.30. The standard InChI is InChI=1S/C17H25NO3/c1-19-14-4-2-3-5-15(14)20-10-8-17(12-18)9-11-21-16(17)13-6-7-13/h2-5,13,16H,6-12,18H2,1H3. The molecular weight excluding hydrogens is 266 g/mol. The van der Waals surface area contributed by atoms with Crippen LogP contribution in [0.15, 0.2) is 24.3 Å². The van der Waals surface area contributed by atoms with E-state index in [0.29, 0.717) is 19.3 Å². The Morgan fingerprint density at radius 2 is 2.05 bits per heavy atom. The van der Waals surface area contributed by atoms with Crippen molar-refractivity contribution in [1.82, 2.24) is 0 Å². The van der Waals surface area contributed by atoms with Gasteiger partial charge in [0.2, 0.25) is 0 Å². The van der Waals surface area contributed by atoms with Gasteiger partial charge in [0.15, 0.2) is 11.5 Å². The number of benzene rings is 1. The van der Waals surface area contributed by atoms with E-state index >= 15 is 0 Å². The smallest absolute Gasteiger partial charge is 0.161 e. The van der Waals surface area contributed by atoms with Crippen molar-refractivity contribution in [3.8, 4) is 11.5 Å². The summed E-state index contributed by atoms with van der Waals surface area (Å²) in [4.78, 5) is 0. The van der Waals surface area contributed by atoms with E-state index in [4.69, 9.17) is 19.9 Å². The molecule has 1 aliphatic heterocycles. The Kier molecular flexibility index (Phi) is 4.36. The summed E-state index contributed by atoms with van der Waals surface area (Å²) in [6.07, 6.45) is 4.92. The fraction of sp³-hybridized carbons (Fsp3) is 0.647. The molecule has 2 fully saturated rings. The summed E-state index contributed by atoms with van der Waals surface area (Å²) in [5.41, 5.74) is 6.20. The molecular formula is C17H25NO3. The van der Waals surface area contributed by atoms with Gasteiger partial charge in [0.05, 0.1) is 19.8 Å². The summed E-state index contributed by atoms with van der Waals surface area (Å²) in [6, 6.07) is 7.76. The van der Waals surface area contributed by atoms with Crippen LogP contribution < -0.4 is 15.2 Å². The van der Waals surface area contributed by atoms with E-state index in [2.05, 4.69) is 0 Å². The van der Waals surface area contributed by atoms with Crippen LogP contribution in [0.5, 0.6) is 11.5 Å². The van der Waals surface area contributed by atoms with E-state index in [9.17, 15) is 0 Å². The number of para-hydroxylation sites is 2. The van der Waals surface area contributed by atoms with Crippen LogP contribution in [0.4, 0.5) is 0 Å². The Morgan fingerprint density at radius 1 is 1.29 bits per heavy atom.